The predicted molar refractivity (Wildman–Crippen MR) is 114 cm³/mol. The summed E-state index contributed by atoms with van der Waals surface area (Å²) >= 11 is 3.55. The Morgan fingerprint density at radius 2 is 2.37 bits per heavy atom. The minimum atomic E-state index is 0.198. The van der Waals surface area contributed by atoms with Gasteiger partial charge in [-0.25, -0.2) is 4.98 Å². The summed E-state index contributed by atoms with van der Waals surface area (Å²) in [5, 5.41) is 17.3. The Hall–Kier alpha value is -2.12. The quantitative estimate of drug-likeness (QED) is 0.619. The van der Waals surface area contributed by atoms with Crippen LogP contribution < -0.4 is 10.2 Å². The third kappa shape index (κ3) is 4.42. The Kier molecular flexibility index (Phi) is 6.68. The topological polar surface area (TPSA) is 65.7 Å². The van der Waals surface area contributed by atoms with Crippen molar-refractivity contribution in [1.82, 2.24) is 14.6 Å². The first-order valence-corrected chi connectivity index (χ1v) is 10.1. The highest BCUT2D eigenvalue weighted by molar-refractivity contribution is 9.10. The van der Waals surface area contributed by atoms with E-state index in [2.05, 4.69) is 37.8 Å². The molecule has 1 fully saturated rings. The molecule has 0 spiro atoms. The van der Waals surface area contributed by atoms with Gasteiger partial charge in [0.1, 0.15) is 11.6 Å². The average molecular weight is 432 g/mol. The van der Waals surface area contributed by atoms with Crippen LogP contribution >= 0.6 is 15.9 Å². The molecule has 144 valence electrons. The van der Waals surface area contributed by atoms with Crippen molar-refractivity contribution >= 4 is 33.2 Å². The van der Waals surface area contributed by atoms with E-state index in [0.717, 1.165) is 53.1 Å². The second kappa shape index (κ2) is 9.19. The van der Waals surface area contributed by atoms with Gasteiger partial charge in [-0.1, -0.05) is 30.9 Å². The van der Waals surface area contributed by atoms with Gasteiger partial charge in [0.25, 0.3) is 0 Å². The highest BCUT2D eigenvalue weighted by atomic mass is 79.9. The number of fused-ring (bicyclic) bond motifs is 1. The van der Waals surface area contributed by atoms with E-state index in [1.54, 1.807) is 10.7 Å². The molecule has 0 aromatic carbocycles. The summed E-state index contributed by atoms with van der Waals surface area (Å²) in [4.78, 5) is 7.12. The Bertz CT molecular complexity index is 857. The Morgan fingerprint density at radius 1 is 1.52 bits per heavy atom. The maximum absolute atomic E-state index is 9.37. The molecular formula is C20H26BrN5O. The van der Waals surface area contributed by atoms with Crippen LogP contribution in [-0.4, -0.2) is 45.4 Å². The maximum Gasteiger partial charge on any atom is 0.173 e. The lowest BCUT2D eigenvalue weighted by Gasteiger charge is -2.26. The third-order valence-electron chi connectivity index (χ3n) is 4.79. The van der Waals surface area contributed by atoms with E-state index < -0.39 is 0 Å². The zero-order chi connectivity index (χ0) is 19.2. The number of aromatic nitrogens is 3. The summed E-state index contributed by atoms with van der Waals surface area (Å²) in [7, 11) is 0. The molecule has 2 N–H and O–H groups in total. The Balaban J connectivity index is 1.93. The molecule has 7 heteroatoms. The molecule has 1 saturated heterocycles. The van der Waals surface area contributed by atoms with Crippen molar-refractivity contribution < 1.29 is 5.11 Å². The minimum absolute atomic E-state index is 0.198. The average Bonchev–Trinajstić information content (AvgIpc) is 3.29. The molecule has 0 saturated carbocycles. The number of rotatable bonds is 8. The van der Waals surface area contributed by atoms with Gasteiger partial charge < -0.3 is 15.3 Å². The van der Waals surface area contributed by atoms with Gasteiger partial charge in [0, 0.05) is 31.8 Å². The van der Waals surface area contributed by atoms with Gasteiger partial charge in [0.2, 0.25) is 0 Å². The molecule has 2 aromatic heterocycles. The first kappa shape index (κ1) is 19.6. The van der Waals surface area contributed by atoms with Gasteiger partial charge >= 0.3 is 0 Å². The van der Waals surface area contributed by atoms with Crippen LogP contribution in [0, 0.1) is 0 Å². The molecule has 0 radical (unpaired) electrons. The van der Waals surface area contributed by atoms with Crippen LogP contribution in [0.1, 0.15) is 26.2 Å². The molecule has 3 heterocycles. The lowest BCUT2D eigenvalue weighted by atomic mass is 10.1. The summed E-state index contributed by atoms with van der Waals surface area (Å²) in [6.45, 7) is 7.67. The first-order chi connectivity index (χ1) is 13.2. The van der Waals surface area contributed by atoms with Crippen LogP contribution in [0.15, 0.2) is 53.2 Å². The number of hydrogen-bond acceptors (Lipinski definition) is 5. The molecule has 1 aliphatic heterocycles. The number of aliphatic hydroxyl groups is 1. The van der Waals surface area contributed by atoms with Gasteiger partial charge in [-0.2, -0.15) is 9.61 Å². The Morgan fingerprint density at radius 3 is 3.11 bits per heavy atom. The lowest BCUT2D eigenvalue weighted by molar-refractivity contribution is 0.275. The predicted octanol–water partition coefficient (Wildman–Crippen LogP) is 3.94. The molecule has 0 unspecified atom stereocenters. The van der Waals surface area contributed by atoms with Gasteiger partial charge in [0.15, 0.2) is 5.65 Å². The summed E-state index contributed by atoms with van der Waals surface area (Å²) < 4.78 is 2.67. The van der Waals surface area contributed by atoms with Crippen molar-refractivity contribution in [2.24, 2.45) is 0 Å². The first-order valence-electron chi connectivity index (χ1n) is 9.28. The second-order valence-electron chi connectivity index (χ2n) is 6.55. The van der Waals surface area contributed by atoms with Gasteiger partial charge in [-0.3, -0.25) is 0 Å². The molecular weight excluding hydrogens is 406 g/mol. The van der Waals surface area contributed by atoms with Crippen LogP contribution in [0.25, 0.3) is 5.65 Å². The lowest BCUT2D eigenvalue weighted by Crippen LogP contribution is -2.31. The molecule has 1 aliphatic rings. The molecule has 0 bridgehead atoms. The molecule has 0 aliphatic carbocycles. The van der Waals surface area contributed by atoms with E-state index in [9.17, 15) is 5.11 Å². The maximum atomic E-state index is 9.37. The normalized spacial score (nSPS) is 18.0. The second-order valence-corrected chi connectivity index (χ2v) is 7.41. The number of nitrogens with one attached hydrogen (secondary N) is 1. The van der Waals surface area contributed by atoms with Crippen LogP contribution in [-0.2, 0) is 0 Å². The molecule has 27 heavy (non-hydrogen) atoms. The number of hydrogen-bond donors (Lipinski definition) is 2. The largest absolute Gasteiger partial charge is 0.396 e. The van der Waals surface area contributed by atoms with Crippen LogP contribution in [0.2, 0.25) is 0 Å². The fourth-order valence-corrected chi connectivity index (χ4v) is 3.74. The van der Waals surface area contributed by atoms with Crippen molar-refractivity contribution in [2.75, 3.05) is 29.9 Å². The van der Waals surface area contributed by atoms with Crippen molar-refractivity contribution in [1.29, 1.82) is 0 Å². The SMILES string of the molecule is C=C/C(=C\C=C/C)CNc1cc(N2CCC[C@H]2CCO)nc2c(Br)cnn12. The fourth-order valence-electron chi connectivity index (χ4n) is 3.39. The zero-order valence-corrected chi connectivity index (χ0v) is 17.2. The summed E-state index contributed by atoms with van der Waals surface area (Å²) in [6.07, 6.45) is 12.6. The number of aliphatic hydroxyl groups excluding tert-OH is 1. The molecule has 0 amide bonds. The van der Waals surface area contributed by atoms with E-state index >= 15 is 0 Å². The van der Waals surface area contributed by atoms with Crippen molar-refractivity contribution in [2.45, 2.75) is 32.2 Å². The summed E-state index contributed by atoms with van der Waals surface area (Å²) in [5.41, 5.74) is 1.87. The van der Waals surface area contributed by atoms with E-state index in [4.69, 9.17) is 4.98 Å². The van der Waals surface area contributed by atoms with E-state index in [1.807, 2.05) is 37.3 Å². The number of anilines is 2. The summed E-state index contributed by atoms with van der Waals surface area (Å²) in [6, 6.07) is 2.37. The van der Waals surface area contributed by atoms with Crippen molar-refractivity contribution in [3.05, 3.63) is 53.2 Å². The van der Waals surface area contributed by atoms with E-state index in [1.165, 1.54) is 0 Å². The molecule has 2 aromatic rings. The number of allylic oxidation sites excluding steroid dienone is 3. The number of halogens is 1. The van der Waals surface area contributed by atoms with Gasteiger partial charge in [-0.05, 0) is 47.7 Å². The van der Waals surface area contributed by atoms with Crippen molar-refractivity contribution in [3.8, 4) is 0 Å². The molecule has 3 rings (SSSR count). The van der Waals surface area contributed by atoms with Gasteiger partial charge in [0.05, 0.1) is 10.7 Å². The standard InChI is InChI=1S/C20H26BrN5O/c1-3-5-7-15(4-2)13-22-18-12-19(24-20-17(21)14-23-26(18)20)25-10-6-8-16(25)9-11-27/h3-5,7,12,14,16,22,27H,2,6,8-11,13H2,1H3/b5-3-,15-7+/t16-/m0/s1. The molecule has 1 atom stereocenters. The zero-order valence-electron chi connectivity index (χ0n) is 15.6. The van der Waals surface area contributed by atoms with Crippen molar-refractivity contribution in [3.63, 3.8) is 0 Å². The van der Waals surface area contributed by atoms with Crippen LogP contribution in [0.5, 0.6) is 0 Å². The molecule has 6 nitrogen and oxygen atoms in total. The highest BCUT2D eigenvalue weighted by Crippen LogP contribution is 2.30. The summed E-state index contributed by atoms with van der Waals surface area (Å²) in [5.74, 6) is 1.79. The van der Waals surface area contributed by atoms with E-state index in [0.29, 0.717) is 12.6 Å². The Labute approximate surface area is 168 Å². The fraction of sp³-hybridized carbons (Fsp3) is 0.400. The number of nitrogens with zero attached hydrogens (tertiary/aromatic N) is 4. The van der Waals surface area contributed by atoms with E-state index in [-0.39, 0.29) is 6.61 Å². The third-order valence-corrected chi connectivity index (χ3v) is 5.35. The monoisotopic (exact) mass is 431 g/mol. The van der Waals surface area contributed by atoms with Crippen LogP contribution in [0.3, 0.4) is 0 Å². The van der Waals surface area contributed by atoms with Gasteiger partial charge in [-0.15, -0.1) is 0 Å². The highest BCUT2D eigenvalue weighted by Gasteiger charge is 2.26. The smallest absolute Gasteiger partial charge is 0.173 e. The van der Waals surface area contributed by atoms with Crippen LogP contribution in [0.4, 0.5) is 11.6 Å². The minimum Gasteiger partial charge on any atom is -0.396 e.